The molecule has 0 radical (unpaired) electrons. The summed E-state index contributed by atoms with van der Waals surface area (Å²) in [7, 11) is -9.80. The van der Waals surface area contributed by atoms with Crippen LogP contribution in [0.15, 0.2) is 146 Å². The van der Waals surface area contributed by atoms with E-state index >= 15 is 0 Å². The summed E-state index contributed by atoms with van der Waals surface area (Å²) in [6, 6.07) is 0. The van der Waals surface area contributed by atoms with Crippen molar-refractivity contribution in [2.45, 2.75) is 399 Å². The maximum absolute atomic E-state index is 13.0. The number of aliphatic hydroxyl groups is 2. The van der Waals surface area contributed by atoms with Crippen molar-refractivity contribution in [1.29, 1.82) is 0 Å². The number of phosphoric ester groups is 2. The minimum atomic E-state index is -4.94. The van der Waals surface area contributed by atoms with Gasteiger partial charge in [0.15, 0.2) is 6.10 Å². The van der Waals surface area contributed by atoms with Gasteiger partial charge in [-0.3, -0.25) is 32.5 Å². The van der Waals surface area contributed by atoms with Crippen molar-refractivity contribution in [3.05, 3.63) is 146 Å². The third kappa shape index (κ3) is 88.1. The molecule has 0 fully saturated rings. The van der Waals surface area contributed by atoms with Gasteiger partial charge in [0.05, 0.1) is 26.4 Å². The number of phosphoric acid groups is 2. The standard InChI is InChI=1S/C95H164O16P2/c1-4-7-10-13-16-19-22-25-27-29-31-33-35-37-39-41-42-43-44-45-46-48-50-51-53-55-57-59-61-64-66-69-72-75-78-81-93(98)105-84-90(96)85-107-112(101,102)108-86-91(97)87-109-113(103,104)110-89-92(111-95(100)83-80-77-74-71-68-63-24-21-18-15-12-9-6-3)88-106-94(99)82-79-76-73-70-67-65-62-60-58-56-54-52-49-47-40-38-36-34-32-30-28-26-23-20-17-14-11-8-5-2/h7,10,12,15-17,19-21,24-28,31-34,37-40,42-43,90-92,96-97H,4-6,8-9,11,13-14,18,22-23,29-30,35-36,41,44-89H2,1-3H3,(H,101,102)(H,103,104)/b10-7-,15-12-,19-16-,20-17-,24-21-,27-25-,28-26-,33-31-,34-32-,39-37-,40-38-,43-42-. The van der Waals surface area contributed by atoms with Gasteiger partial charge in [-0.05, 0) is 141 Å². The molecule has 0 bridgehead atoms. The van der Waals surface area contributed by atoms with E-state index in [1.807, 2.05) is 0 Å². The molecule has 0 aliphatic heterocycles. The maximum Gasteiger partial charge on any atom is 0.472 e. The van der Waals surface area contributed by atoms with Crippen LogP contribution < -0.4 is 0 Å². The number of hydrogen-bond donors (Lipinski definition) is 4. The number of carbonyl (C=O) groups is 3. The van der Waals surface area contributed by atoms with Crippen LogP contribution in [0.4, 0.5) is 0 Å². The Morgan fingerprint density at radius 1 is 0.257 bits per heavy atom. The number of esters is 3. The van der Waals surface area contributed by atoms with E-state index < -0.39 is 91.5 Å². The Labute approximate surface area is 689 Å². The maximum atomic E-state index is 13.0. The third-order valence-electron chi connectivity index (χ3n) is 19.0. The zero-order valence-corrected chi connectivity index (χ0v) is 73.3. The molecular formula is C95H164O16P2. The number of unbranched alkanes of at least 4 members (excludes halogenated alkanes) is 38. The Kier molecular flexibility index (Phi) is 83.3. The van der Waals surface area contributed by atoms with E-state index in [1.54, 1.807) is 0 Å². The van der Waals surface area contributed by atoms with E-state index in [2.05, 4.69) is 167 Å². The normalized spacial score (nSPS) is 14.5. The summed E-state index contributed by atoms with van der Waals surface area (Å²) < 4.78 is 61.3. The Morgan fingerprint density at radius 2 is 0.487 bits per heavy atom. The Hall–Kier alpha value is -4.57. The first-order valence-electron chi connectivity index (χ1n) is 45.1. The quantitative estimate of drug-likeness (QED) is 0.0146. The molecule has 0 spiro atoms. The lowest BCUT2D eigenvalue weighted by atomic mass is 10.0. The molecular weight excluding hydrogens is 1460 g/mol. The highest BCUT2D eigenvalue weighted by atomic mass is 31.2. The molecule has 5 unspecified atom stereocenters. The molecule has 0 saturated heterocycles. The van der Waals surface area contributed by atoms with Crippen LogP contribution in [0.25, 0.3) is 0 Å². The van der Waals surface area contributed by atoms with E-state index in [-0.39, 0.29) is 19.3 Å². The molecule has 0 aromatic carbocycles. The fourth-order valence-corrected chi connectivity index (χ4v) is 13.8. The second-order valence-corrected chi connectivity index (χ2v) is 32.9. The average Bonchev–Trinajstić information content (AvgIpc) is 0.903. The zero-order valence-electron chi connectivity index (χ0n) is 71.5. The second-order valence-electron chi connectivity index (χ2n) is 30.0. The molecule has 0 aromatic rings. The van der Waals surface area contributed by atoms with E-state index in [0.29, 0.717) is 19.3 Å². The van der Waals surface area contributed by atoms with Crippen molar-refractivity contribution in [2.75, 3.05) is 39.6 Å². The van der Waals surface area contributed by atoms with Crippen LogP contribution in [0.2, 0.25) is 0 Å². The Balaban J connectivity index is 4.39. The van der Waals surface area contributed by atoms with Crippen molar-refractivity contribution >= 4 is 33.6 Å². The van der Waals surface area contributed by atoms with Crippen molar-refractivity contribution in [1.82, 2.24) is 0 Å². The molecule has 0 heterocycles. The topological polar surface area (TPSA) is 231 Å². The highest BCUT2D eigenvalue weighted by molar-refractivity contribution is 7.47. The minimum absolute atomic E-state index is 0.0872. The lowest BCUT2D eigenvalue weighted by Gasteiger charge is -2.21. The van der Waals surface area contributed by atoms with Gasteiger partial charge in [0.2, 0.25) is 0 Å². The molecule has 0 aromatic heterocycles. The smallest absolute Gasteiger partial charge is 0.463 e. The summed E-state index contributed by atoms with van der Waals surface area (Å²) in [6.07, 6.45) is 109. The van der Waals surface area contributed by atoms with Crippen LogP contribution >= 0.6 is 15.6 Å². The van der Waals surface area contributed by atoms with Gasteiger partial charge in [-0.25, -0.2) is 9.13 Å². The molecule has 113 heavy (non-hydrogen) atoms. The van der Waals surface area contributed by atoms with Crippen LogP contribution in [0.3, 0.4) is 0 Å². The van der Waals surface area contributed by atoms with Gasteiger partial charge in [-0.1, -0.05) is 366 Å². The van der Waals surface area contributed by atoms with Gasteiger partial charge >= 0.3 is 33.6 Å². The van der Waals surface area contributed by atoms with Crippen LogP contribution in [0, 0.1) is 0 Å². The largest absolute Gasteiger partial charge is 0.472 e. The van der Waals surface area contributed by atoms with E-state index in [1.165, 1.54) is 161 Å². The fraction of sp³-hybridized carbons (Fsp3) is 0.716. The first-order valence-corrected chi connectivity index (χ1v) is 48.1. The summed E-state index contributed by atoms with van der Waals surface area (Å²) in [5.41, 5.74) is 0. The fourth-order valence-electron chi connectivity index (χ4n) is 12.2. The molecule has 16 nitrogen and oxygen atoms in total. The average molecular weight is 1620 g/mol. The first-order chi connectivity index (χ1) is 55.2. The van der Waals surface area contributed by atoms with Crippen molar-refractivity contribution in [3.8, 4) is 0 Å². The summed E-state index contributed by atoms with van der Waals surface area (Å²) in [6.45, 7) is 2.49. The molecule has 0 amide bonds. The number of carbonyl (C=O) groups excluding carboxylic acids is 3. The highest BCUT2D eigenvalue weighted by Crippen LogP contribution is 2.45. The van der Waals surface area contributed by atoms with Crippen LogP contribution in [-0.2, 0) is 55.8 Å². The molecule has 0 rings (SSSR count). The molecule has 0 aliphatic rings. The van der Waals surface area contributed by atoms with Gasteiger partial charge < -0.3 is 34.2 Å². The minimum Gasteiger partial charge on any atom is -0.463 e. The van der Waals surface area contributed by atoms with Gasteiger partial charge in [0.1, 0.15) is 25.4 Å². The summed E-state index contributed by atoms with van der Waals surface area (Å²) in [5.74, 6) is -1.58. The summed E-state index contributed by atoms with van der Waals surface area (Å²) >= 11 is 0. The Morgan fingerprint density at radius 3 is 0.779 bits per heavy atom. The van der Waals surface area contributed by atoms with Crippen LogP contribution in [-0.4, -0.2) is 95.9 Å². The number of ether oxygens (including phenoxy) is 3. The predicted octanol–water partition coefficient (Wildman–Crippen LogP) is 27.6. The number of aliphatic hydroxyl groups excluding tert-OH is 2. The summed E-state index contributed by atoms with van der Waals surface area (Å²) in [5, 5.41) is 20.7. The molecule has 5 atom stereocenters. The monoisotopic (exact) mass is 1620 g/mol. The van der Waals surface area contributed by atoms with Crippen molar-refractivity contribution < 1.29 is 75.8 Å². The molecule has 0 aliphatic carbocycles. The van der Waals surface area contributed by atoms with E-state index in [0.717, 1.165) is 161 Å². The lowest BCUT2D eigenvalue weighted by Crippen LogP contribution is -2.30. The van der Waals surface area contributed by atoms with Crippen molar-refractivity contribution in [2.24, 2.45) is 0 Å². The lowest BCUT2D eigenvalue weighted by molar-refractivity contribution is -0.161. The van der Waals surface area contributed by atoms with E-state index in [4.69, 9.17) is 32.3 Å². The molecule has 4 N–H and O–H groups in total. The summed E-state index contributed by atoms with van der Waals surface area (Å²) in [4.78, 5) is 58.8. The predicted molar refractivity (Wildman–Crippen MR) is 473 cm³/mol. The second kappa shape index (κ2) is 86.8. The number of rotatable bonds is 85. The van der Waals surface area contributed by atoms with Gasteiger partial charge in [0, 0.05) is 19.3 Å². The highest BCUT2D eigenvalue weighted by Gasteiger charge is 2.29. The van der Waals surface area contributed by atoms with Crippen LogP contribution in [0.1, 0.15) is 380 Å². The number of hydrogen-bond acceptors (Lipinski definition) is 14. The zero-order chi connectivity index (χ0) is 82.2. The van der Waals surface area contributed by atoms with Gasteiger partial charge in [-0.2, -0.15) is 0 Å². The molecule has 18 heteroatoms. The van der Waals surface area contributed by atoms with Crippen molar-refractivity contribution in [3.63, 3.8) is 0 Å². The van der Waals surface area contributed by atoms with Gasteiger partial charge in [0.25, 0.3) is 0 Å². The SMILES string of the molecule is CC/C=C\C/C=C\C/C=C\C/C=C\C/C=C\C/C=C\CCCCCCCCCCCCCCCCCCC(=O)OCC(O)COP(=O)(O)OCC(O)COP(=O)(O)OCC(COC(=O)CCCCCCCCCCCCCCC/C=C\C/C=C\C/C=C\C/C=C\CCCCC)OC(=O)CCCCCCC/C=C\C/C=C\CCC. The van der Waals surface area contributed by atoms with Crippen LogP contribution in [0.5, 0.6) is 0 Å². The number of allylic oxidation sites excluding steroid dienone is 24. The molecule has 0 saturated carbocycles. The van der Waals surface area contributed by atoms with E-state index in [9.17, 15) is 43.5 Å². The Bertz CT molecular complexity index is 2630. The first kappa shape index (κ1) is 108. The molecule has 650 valence electrons. The third-order valence-corrected chi connectivity index (χ3v) is 20.9. The van der Waals surface area contributed by atoms with Gasteiger partial charge in [-0.15, -0.1) is 0 Å².